The van der Waals surface area contributed by atoms with Crippen LogP contribution >= 0.6 is 11.6 Å². The molecule has 2 N–H and O–H groups in total. The van der Waals surface area contributed by atoms with Crippen LogP contribution < -0.4 is 10.6 Å². The first-order valence-corrected chi connectivity index (χ1v) is 14.5. The highest BCUT2D eigenvalue weighted by Gasteiger charge is 2.28. The highest BCUT2D eigenvalue weighted by molar-refractivity contribution is 6.40. The van der Waals surface area contributed by atoms with E-state index in [1.165, 1.54) is 12.0 Å². The summed E-state index contributed by atoms with van der Waals surface area (Å²) in [4.78, 5) is 67.7. The van der Waals surface area contributed by atoms with E-state index >= 15 is 0 Å². The number of nitrogens with one attached hydrogen (secondary N) is 2. The number of benzene rings is 1. The summed E-state index contributed by atoms with van der Waals surface area (Å²) in [5.41, 5.74) is 0.623. The number of carbonyl (C=O) groups is 5. The van der Waals surface area contributed by atoms with E-state index in [0.29, 0.717) is 17.1 Å². The first-order valence-electron chi connectivity index (χ1n) is 14.1. The number of amides is 4. The molecule has 0 saturated heterocycles. The van der Waals surface area contributed by atoms with Crippen molar-refractivity contribution in [3.05, 3.63) is 34.9 Å². The maximum atomic E-state index is 13.3. The molecule has 1 aliphatic carbocycles. The molecule has 1 atom stereocenters. The Kier molecular flexibility index (Phi) is 15.4. The van der Waals surface area contributed by atoms with Crippen LogP contribution in [0.2, 0.25) is 5.02 Å². The molecule has 0 unspecified atom stereocenters. The molecule has 4 amide bonds. The zero-order chi connectivity index (χ0) is 30.9. The van der Waals surface area contributed by atoms with Crippen LogP contribution in [0.1, 0.15) is 63.9 Å². The van der Waals surface area contributed by atoms with E-state index in [9.17, 15) is 24.0 Å². The second-order valence-electron chi connectivity index (χ2n) is 10.0. The molecule has 1 fully saturated rings. The third-order valence-corrected chi connectivity index (χ3v) is 7.03. The van der Waals surface area contributed by atoms with Crippen molar-refractivity contribution in [1.82, 2.24) is 15.5 Å². The zero-order valence-corrected chi connectivity index (χ0v) is 25.2. The SMILES string of the molecule is CCNC(=O)OCCN(C)C(=O)CC[C@H](NC(=O)C(CC1CCCCC1)=NC(=O)OCc1cccc(Cl)c1)C(=O)OC. The fourth-order valence-electron chi connectivity index (χ4n) is 4.45. The molecule has 0 aromatic heterocycles. The molecule has 0 radical (unpaired) electrons. The van der Waals surface area contributed by atoms with Crippen molar-refractivity contribution in [3.8, 4) is 0 Å². The zero-order valence-electron chi connectivity index (χ0n) is 24.5. The lowest BCUT2D eigenvalue weighted by molar-refractivity contribution is -0.145. The van der Waals surface area contributed by atoms with Gasteiger partial charge in [0.05, 0.1) is 13.7 Å². The fourth-order valence-corrected chi connectivity index (χ4v) is 4.67. The normalized spacial score (nSPS) is 14.3. The average molecular weight is 609 g/mol. The molecule has 0 aliphatic heterocycles. The molecule has 42 heavy (non-hydrogen) atoms. The smallest absolute Gasteiger partial charge is 0.434 e. The monoisotopic (exact) mass is 608 g/mol. The van der Waals surface area contributed by atoms with Gasteiger partial charge in [-0.05, 0) is 43.4 Å². The van der Waals surface area contributed by atoms with Gasteiger partial charge in [-0.25, -0.2) is 14.4 Å². The van der Waals surface area contributed by atoms with E-state index in [2.05, 4.69) is 15.6 Å². The summed E-state index contributed by atoms with van der Waals surface area (Å²) in [5.74, 6) is -1.60. The van der Waals surface area contributed by atoms with Crippen molar-refractivity contribution in [3.63, 3.8) is 0 Å². The van der Waals surface area contributed by atoms with Crippen LogP contribution in [0.3, 0.4) is 0 Å². The molecule has 1 saturated carbocycles. The predicted octanol–water partition coefficient (Wildman–Crippen LogP) is 4.03. The molecule has 2 rings (SSSR count). The molecule has 232 valence electrons. The number of rotatable bonds is 14. The van der Waals surface area contributed by atoms with Crippen molar-refractivity contribution < 1.29 is 38.2 Å². The average Bonchev–Trinajstić information content (AvgIpc) is 2.97. The first-order chi connectivity index (χ1) is 20.1. The third kappa shape index (κ3) is 12.9. The molecule has 1 aromatic rings. The quantitative estimate of drug-likeness (QED) is 0.182. The fraction of sp³-hybridized carbons (Fsp3) is 0.586. The molecule has 0 spiro atoms. The second kappa shape index (κ2) is 18.7. The minimum Gasteiger partial charge on any atom is -0.467 e. The van der Waals surface area contributed by atoms with Crippen molar-refractivity contribution >= 4 is 47.3 Å². The highest BCUT2D eigenvalue weighted by Crippen LogP contribution is 2.27. The lowest BCUT2D eigenvalue weighted by Crippen LogP contribution is -2.46. The van der Waals surface area contributed by atoms with Crippen molar-refractivity contribution in [2.45, 2.75) is 70.9 Å². The van der Waals surface area contributed by atoms with Crippen molar-refractivity contribution in [2.24, 2.45) is 10.9 Å². The van der Waals surface area contributed by atoms with Gasteiger partial charge in [0.2, 0.25) is 5.91 Å². The number of aliphatic imine (C=N–C) groups is 1. The molecule has 1 aromatic carbocycles. The van der Waals surface area contributed by atoms with E-state index in [4.69, 9.17) is 25.8 Å². The topological polar surface area (TPSA) is 153 Å². The van der Waals surface area contributed by atoms with Crippen LogP contribution in [0.4, 0.5) is 9.59 Å². The number of halogens is 1. The minimum atomic E-state index is -1.15. The molecule has 0 heterocycles. The van der Waals surface area contributed by atoms with Gasteiger partial charge in [-0.1, -0.05) is 55.8 Å². The van der Waals surface area contributed by atoms with Crippen LogP contribution in [0.15, 0.2) is 29.3 Å². The predicted molar refractivity (Wildman–Crippen MR) is 156 cm³/mol. The summed E-state index contributed by atoms with van der Waals surface area (Å²) in [6.07, 6.45) is 3.55. The van der Waals surface area contributed by atoms with E-state index < -0.39 is 30.1 Å². The molecule has 13 heteroatoms. The van der Waals surface area contributed by atoms with E-state index in [-0.39, 0.29) is 56.6 Å². The summed E-state index contributed by atoms with van der Waals surface area (Å²) >= 11 is 5.98. The highest BCUT2D eigenvalue weighted by atomic mass is 35.5. The largest absolute Gasteiger partial charge is 0.467 e. The Hall–Kier alpha value is -3.67. The Bertz CT molecular complexity index is 1110. The Labute approximate surface area is 251 Å². The summed E-state index contributed by atoms with van der Waals surface area (Å²) in [6, 6.07) is 5.68. The van der Waals surface area contributed by atoms with Gasteiger partial charge in [-0.2, -0.15) is 4.99 Å². The number of ether oxygens (including phenoxy) is 3. The molecule has 12 nitrogen and oxygen atoms in total. The first kappa shape index (κ1) is 34.5. The lowest BCUT2D eigenvalue weighted by atomic mass is 9.85. The van der Waals surface area contributed by atoms with Crippen LogP contribution in [0, 0.1) is 5.92 Å². The van der Waals surface area contributed by atoms with Crippen molar-refractivity contribution in [2.75, 3.05) is 33.9 Å². The molecule has 1 aliphatic rings. The lowest BCUT2D eigenvalue weighted by Gasteiger charge is -2.23. The summed E-state index contributed by atoms with van der Waals surface area (Å²) in [6.45, 7) is 2.26. The van der Waals surface area contributed by atoms with Crippen LogP contribution in [0.25, 0.3) is 0 Å². The van der Waals surface area contributed by atoms with Gasteiger partial charge in [-0.15, -0.1) is 0 Å². The summed E-state index contributed by atoms with van der Waals surface area (Å²) in [7, 11) is 2.72. The summed E-state index contributed by atoms with van der Waals surface area (Å²) in [5, 5.41) is 5.58. The standard InChI is InChI=1S/C29H41ClN4O8/c1-4-31-28(38)41-16-15-34(2)25(35)14-13-23(27(37)40-3)32-26(36)24(18-20-9-6-5-7-10-20)33-29(39)42-19-21-11-8-12-22(30)17-21/h8,11-12,17,20,23H,4-7,9-10,13-16,18-19H2,1-3H3,(H,31,38)(H,32,36)/t23-/m0/s1. The number of esters is 1. The van der Waals surface area contributed by atoms with Gasteiger partial charge in [0.15, 0.2) is 0 Å². The Morgan fingerprint density at radius 1 is 1.12 bits per heavy atom. The van der Waals surface area contributed by atoms with E-state index in [1.807, 2.05) is 0 Å². The van der Waals surface area contributed by atoms with Gasteiger partial charge in [0.25, 0.3) is 5.91 Å². The number of hydrogen-bond donors (Lipinski definition) is 2. The van der Waals surface area contributed by atoms with Gasteiger partial charge >= 0.3 is 18.2 Å². The Morgan fingerprint density at radius 3 is 2.52 bits per heavy atom. The Balaban J connectivity index is 2.04. The van der Waals surface area contributed by atoms with Crippen LogP contribution in [-0.2, 0) is 35.2 Å². The van der Waals surface area contributed by atoms with Gasteiger partial charge in [0, 0.05) is 25.0 Å². The maximum absolute atomic E-state index is 13.3. The molecular weight excluding hydrogens is 568 g/mol. The molecular formula is C29H41ClN4O8. The minimum absolute atomic E-state index is 0.000356. The van der Waals surface area contributed by atoms with Crippen LogP contribution in [0.5, 0.6) is 0 Å². The third-order valence-electron chi connectivity index (χ3n) is 6.79. The number of carbonyl (C=O) groups excluding carboxylic acids is 5. The number of methoxy groups -OCH3 is 1. The second-order valence-corrected chi connectivity index (χ2v) is 10.5. The summed E-state index contributed by atoms with van der Waals surface area (Å²) < 4.78 is 15.1. The van der Waals surface area contributed by atoms with Crippen molar-refractivity contribution in [1.29, 1.82) is 0 Å². The Morgan fingerprint density at radius 2 is 1.86 bits per heavy atom. The molecule has 0 bridgehead atoms. The number of likely N-dealkylation sites (N-methyl/N-ethyl adjacent to an activating group) is 1. The van der Waals surface area contributed by atoms with Gasteiger partial charge < -0.3 is 29.7 Å². The van der Waals surface area contributed by atoms with Gasteiger partial charge in [0.1, 0.15) is 25.0 Å². The number of hydrogen-bond acceptors (Lipinski definition) is 8. The maximum Gasteiger partial charge on any atom is 0.434 e. The number of alkyl carbamates (subject to hydrolysis) is 1. The number of nitrogens with zero attached hydrogens (tertiary/aromatic N) is 2. The van der Waals surface area contributed by atoms with Crippen LogP contribution in [-0.4, -0.2) is 80.5 Å². The van der Waals surface area contributed by atoms with E-state index in [1.54, 1.807) is 38.2 Å². The van der Waals surface area contributed by atoms with E-state index in [0.717, 1.165) is 32.1 Å². The van der Waals surface area contributed by atoms with Gasteiger partial charge in [-0.3, -0.25) is 9.59 Å².